The summed E-state index contributed by atoms with van der Waals surface area (Å²) < 4.78 is 10.6. The molecule has 1 aliphatic heterocycles. The van der Waals surface area contributed by atoms with E-state index in [0.717, 1.165) is 26.1 Å². The molecular formula is C13H24O3. The molecule has 0 aromatic rings. The molecule has 1 aliphatic rings. The SMILES string of the molecule is CCC(C)(C)CC(=O)OCC1(CC)COC1. The molecule has 0 bridgehead atoms. The van der Waals surface area contributed by atoms with Crippen LogP contribution in [0.4, 0.5) is 0 Å². The van der Waals surface area contributed by atoms with Crippen molar-refractivity contribution in [1.82, 2.24) is 0 Å². The van der Waals surface area contributed by atoms with Crippen LogP contribution in [-0.2, 0) is 14.3 Å². The summed E-state index contributed by atoms with van der Waals surface area (Å²) in [5.41, 5.74) is 0.151. The van der Waals surface area contributed by atoms with Crippen molar-refractivity contribution in [3.05, 3.63) is 0 Å². The van der Waals surface area contributed by atoms with E-state index in [4.69, 9.17) is 9.47 Å². The standard InChI is InChI=1S/C13H24O3/c1-5-12(3,4)7-11(14)16-10-13(6-2)8-15-9-13/h5-10H2,1-4H3. The molecule has 1 heterocycles. The Balaban J connectivity index is 2.30. The Morgan fingerprint density at radius 2 is 2.00 bits per heavy atom. The Bertz CT molecular complexity index is 236. The number of carbonyl (C=O) groups is 1. The lowest BCUT2D eigenvalue weighted by Gasteiger charge is -2.40. The Hall–Kier alpha value is -0.570. The molecule has 0 N–H and O–H groups in total. The van der Waals surface area contributed by atoms with Gasteiger partial charge in [-0.05, 0) is 11.8 Å². The molecule has 16 heavy (non-hydrogen) atoms. The van der Waals surface area contributed by atoms with Gasteiger partial charge in [0, 0.05) is 0 Å². The maximum Gasteiger partial charge on any atom is 0.306 e. The number of hydrogen-bond donors (Lipinski definition) is 0. The number of hydrogen-bond acceptors (Lipinski definition) is 3. The van der Waals surface area contributed by atoms with Crippen LogP contribution in [0, 0.1) is 10.8 Å². The normalized spacial score (nSPS) is 19.0. The highest BCUT2D eigenvalue weighted by Crippen LogP contribution is 2.32. The first kappa shape index (κ1) is 13.5. The van der Waals surface area contributed by atoms with Crippen molar-refractivity contribution >= 4 is 5.97 Å². The molecule has 0 spiro atoms. The largest absolute Gasteiger partial charge is 0.465 e. The summed E-state index contributed by atoms with van der Waals surface area (Å²) in [6, 6.07) is 0. The molecule has 0 saturated carbocycles. The quantitative estimate of drug-likeness (QED) is 0.656. The van der Waals surface area contributed by atoms with Crippen LogP contribution in [0.1, 0.15) is 47.0 Å². The minimum Gasteiger partial charge on any atom is -0.465 e. The molecule has 94 valence electrons. The Kier molecular flexibility index (Phi) is 4.36. The van der Waals surface area contributed by atoms with Crippen LogP contribution in [0.15, 0.2) is 0 Å². The van der Waals surface area contributed by atoms with Gasteiger partial charge in [0.05, 0.1) is 25.0 Å². The van der Waals surface area contributed by atoms with E-state index in [1.807, 2.05) is 0 Å². The lowest BCUT2D eigenvalue weighted by Crippen LogP contribution is -2.46. The van der Waals surface area contributed by atoms with Crippen LogP contribution < -0.4 is 0 Å². The Labute approximate surface area is 98.5 Å². The Morgan fingerprint density at radius 3 is 2.38 bits per heavy atom. The highest BCUT2D eigenvalue weighted by Gasteiger charge is 2.38. The van der Waals surface area contributed by atoms with Gasteiger partial charge in [0.1, 0.15) is 6.61 Å². The van der Waals surface area contributed by atoms with Gasteiger partial charge in [-0.3, -0.25) is 4.79 Å². The number of ether oxygens (including phenoxy) is 2. The van der Waals surface area contributed by atoms with Gasteiger partial charge in [-0.2, -0.15) is 0 Å². The van der Waals surface area contributed by atoms with Gasteiger partial charge in [0.2, 0.25) is 0 Å². The molecular weight excluding hydrogens is 204 g/mol. The molecule has 1 fully saturated rings. The van der Waals surface area contributed by atoms with Crippen molar-refractivity contribution in [1.29, 1.82) is 0 Å². The minimum absolute atomic E-state index is 0.0482. The van der Waals surface area contributed by atoms with Gasteiger partial charge in [-0.1, -0.05) is 34.1 Å². The van der Waals surface area contributed by atoms with E-state index in [2.05, 4.69) is 27.7 Å². The molecule has 1 saturated heterocycles. The highest BCUT2D eigenvalue weighted by atomic mass is 16.5. The number of carbonyl (C=O) groups excluding carboxylic acids is 1. The van der Waals surface area contributed by atoms with Crippen molar-refractivity contribution in [3.8, 4) is 0 Å². The van der Waals surface area contributed by atoms with Gasteiger partial charge < -0.3 is 9.47 Å². The molecule has 0 radical (unpaired) electrons. The second-order valence-electron chi connectivity index (χ2n) is 5.70. The van der Waals surface area contributed by atoms with Crippen molar-refractivity contribution < 1.29 is 14.3 Å². The lowest BCUT2D eigenvalue weighted by molar-refractivity contribution is -0.172. The highest BCUT2D eigenvalue weighted by molar-refractivity contribution is 5.70. The third-order valence-electron chi connectivity index (χ3n) is 3.69. The molecule has 0 aromatic heterocycles. The van der Waals surface area contributed by atoms with Crippen molar-refractivity contribution in [3.63, 3.8) is 0 Å². The summed E-state index contributed by atoms with van der Waals surface area (Å²) in [7, 11) is 0. The van der Waals surface area contributed by atoms with Gasteiger partial charge in [-0.25, -0.2) is 0 Å². The first-order chi connectivity index (χ1) is 7.43. The average Bonchev–Trinajstić information content (AvgIpc) is 2.16. The topological polar surface area (TPSA) is 35.5 Å². The van der Waals surface area contributed by atoms with Crippen LogP contribution in [-0.4, -0.2) is 25.8 Å². The van der Waals surface area contributed by atoms with E-state index in [1.165, 1.54) is 0 Å². The molecule has 0 atom stereocenters. The second-order valence-corrected chi connectivity index (χ2v) is 5.70. The molecule has 1 rings (SSSR count). The van der Waals surface area contributed by atoms with Gasteiger partial charge >= 0.3 is 5.97 Å². The van der Waals surface area contributed by atoms with E-state index in [1.54, 1.807) is 0 Å². The van der Waals surface area contributed by atoms with Gasteiger partial charge in [-0.15, -0.1) is 0 Å². The molecule has 3 nitrogen and oxygen atoms in total. The average molecular weight is 228 g/mol. The fourth-order valence-electron chi connectivity index (χ4n) is 1.58. The summed E-state index contributed by atoms with van der Waals surface area (Å²) in [5, 5.41) is 0. The lowest BCUT2D eigenvalue weighted by atomic mass is 9.84. The minimum atomic E-state index is -0.0772. The summed E-state index contributed by atoms with van der Waals surface area (Å²) in [6.07, 6.45) is 2.51. The van der Waals surface area contributed by atoms with Crippen LogP contribution in [0.5, 0.6) is 0 Å². The predicted octanol–water partition coefficient (Wildman–Crippen LogP) is 2.78. The van der Waals surface area contributed by atoms with Crippen molar-refractivity contribution in [2.24, 2.45) is 10.8 Å². The third-order valence-corrected chi connectivity index (χ3v) is 3.69. The summed E-state index contributed by atoms with van der Waals surface area (Å²) in [6.45, 7) is 10.4. The number of rotatable bonds is 6. The van der Waals surface area contributed by atoms with Crippen LogP contribution >= 0.6 is 0 Å². The van der Waals surface area contributed by atoms with Crippen molar-refractivity contribution in [2.75, 3.05) is 19.8 Å². The smallest absolute Gasteiger partial charge is 0.306 e. The zero-order chi connectivity index (χ0) is 12.2. The van der Waals surface area contributed by atoms with Gasteiger partial charge in [0.25, 0.3) is 0 Å². The van der Waals surface area contributed by atoms with E-state index in [-0.39, 0.29) is 16.8 Å². The maximum atomic E-state index is 11.7. The van der Waals surface area contributed by atoms with Crippen molar-refractivity contribution in [2.45, 2.75) is 47.0 Å². The zero-order valence-electron chi connectivity index (χ0n) is 11.0. The van der Waals surface area contributed by atoms with Crippen LogP contribution in [0.25, 0.3) is 0 Å². The van der Waals surface area contributed by atoms with Crippen LogP contribution in [0.3, 0.4) is 0 Å². The first-order valence-electron chi connectivity index (χ1n) is 6.16. The Morgan fingerprint density at radius 1 is 1.38 bits per heavy atom. The number of esters is 1. The molecule has 0 aromatic carbocycles. The molecule has 0 amide bonds. The van der Waals surface area contributed by atoms with E-state index in [0.29, 0.717) is 13.0 Å². The second kappa shape index (κ2) is 5.17. The summed E-state index contributed by atoms with van der Waals surface area (Å²) in [5.74, 6) is -0.0772. The summed E-state index contributed by atoms with van der Waals surface area (Å²) in [4.78, 5) is 11.7. The van der Waals surface area contributed by atoms with Crippen LogP contribution in [0.2, 0.25) is 0 Å². The zero-order valence-corrected chi connectivity index (χ0v) is 11.0. The van der Waals surface area contributed by atoms with Gasteiger partial charge in [0.15, 0.2) is 0 Å². The first-order valence-corrected chi connectivity index (χ1v) is 6.16. The fraction of sp³-hybridized carbons (Fsp3) is 0.923. The maximum absolute atomic E-state index is 11.7. The van der Waals surface area contributed by atoms with E-state index in [9.17, 15) is 4.79 Å². The predicted molar refractivity (Wildman–Crippen MR) is 63.2 cm³/mol. The van der Waals surface area contributed by atoms with E-state index >= 15 is 0 Å². The molecule has 0 aliphatic carbocycles. The summed E-state index contributed by atoms with van der Waals surface area (Å²) >= 11 is 0. The monoisotopic (exact) mass is 228 g/mol. The molecule has 3 heteroatoms. The molecule has 0 unspecified atom stereocenters. The fourth-order valence-corrected chi connectivity index (χ4v) is 1.58. The third kappa shape index (κ3) is 3.48. The van der Waals surface area contributed by atoms with E-state index < -0.39 is 0 Å².